The van der Waals surface area contributed by atoms with Gasteiger partial charge in [-0.15, -0.1) is 0 Å². The zero-order chi connectivity index (χ0) is 58.5. The largest absolute Gasteiger partial charge is 0.462 e. The van der Waals surface area contributed by atoms with Crippen LogP contribution in [-0.4, -0.2) is 37.2 Å². The quantitative estimate of drug-likeness (QED) is 0.0261. The van der Waals surface area contributed by atoms with Gasteiger partial charge in [-0.2, -0.15) is 0 Å². The smallest absolute Gasteiger partial charge is 0.306 e. The van der Waals surface area contributed by atoms with Crippen molar-refractivity contribution in [3.8, 4) is 0 Å². The van der Waals surface area contributed by atoms with Crippen molar-refractivity contribution in [2.75, 3.05) is 13.2 Å². The van der Waals surface area contributed by atoms with Gasteiger partial charge < -0.3 is 14.2 Å². The Labute approximate surface area is 507 Å². The van der Waals surface area contributed by atoms with Crippen molar-refractivity contribution in [2.24, 2.45) is 0 Å². The van der Waals surface area contributed by atoms with Gasteiger partial charge in [0, 0.05) is 19.3 Å². The van der Waals surface area contributed by atoms with Crippen LogP contribution >= 0.6 is 0 Å². The minimum Gasteiger partial charge on any atom is -0.462 e. The Morgan fingerprint density at radius 2 is 0.407 bits per heavy atom. The Kier molecular flexibility index (Phi) is 69.0. The summed E-state index contributed by atoms with van der Waals surface area (Å²) in [5, 5.41) is 0. The summed E-state index contributed by atoms with van der Waals surface area (Å²) in [5.41, 5.74) is 0. The van der Waals surface area contributed by atoms with Gasteiger partial charge in [-0.1, -0.05) is 380 Å². The third kappa shape index (κ3) is 68.8. The van der Waals surface area contributed by atoms with E-state index in [1.165, 1.54) is 334 Å². The standard InChI is InChI=1S/C75H144O6/c1-4-7-10-13-16-19-22-25-28-31-34-36-38-40-41-44-47-50-53-56-59-62-65-68-74(77)80-71-72(70-79-73(76)67-64-61-58-55-52-49-46-43-33-30-27-24-21-18-15-12-9-6-3)81-75(78)69-66-63-60-57-54-51-48-45-42-39-37-35-32-29-26-23-20-17-14-11-8-5-2/h30,33,72H,4-29,31-32,34-71H2,1-3H3/b33-30-. The van der Waals surface area contributed by atoms with Crippen molar-refractivity contribution in [2.45, 2.75) is 438 Å². The highest BCUT2D eigenvalue weighted by Gasteiger charge is 2.20. The molecule has 81 heavy (non-hydrogen) atoms. The number of carbonyl (C=O) groups is 3. The molecule has 1 atom stereocenters. The number of carbonyl (C=O) groups excluding carboxylic acids is 3. The molecule has 0 aliphatic heterocycles. The maximum absolute atomic E-state index is 13.0. The number of allylic oxidation sites excluding steroid dienone is 2. The summed E-state index contributed by atoms with van der Waals surface area (Å²) in [6.07, 6.45) is 85.3. The Morgan fingerprint density at radius 1 is 0.235 bits per heavy atom. The molecule has 0 aromatic carbocycles. The van der Waals surface area contributed by atoms with Gasteiger partial charge in [-0.3, -0.25) is 14.4 Å². The molecule has 0 saturated heterocycles. The normalized spacial score (nSPS) is 12.0. The summed E-state index contributed by atoms with van der Waals surface area (Å²) in [7, 11) is 0. The van der Waals surface area contributed by atoms with Crippen LogP contribution < -0.4 is 0 Å². The van der Waals surface area contributed by atoms with E-state index in [2.05, 4.69) is 32.9 Å². The Bertz CT molecular complexity index is 1260. The first-order valence-electron chi connectivity index (χ1n) is 37.2. The molecule has 0 aromatic heterocycles. The molecule has 0 heterocycles. The van der Waals surface area contributed by atoms with Gasteiger partial charge in [0.2, 0.25) is 0 Å². The molecular formula is C75H144O6. The van der Waals surface area contributed by atoms with E-state index in [9.17, 15) is 14.4 Å². The van der Waals surface area contributed by atoms with Crippen LogP contribution in [0.5, 0.6) is 0 Å². The van der Waals surface area contributed by atoms with Crippen LogP contribution in [0.25, 0.3) is 0 Å². The topological polar surface area (TPSA) is 78.9 Å². The predicted molar refractivity (Wildman–Crippen MR) is 353 cm³/mol. The van der Waals surface area contributed by atoms with Gasteiger partial charge in [-0.05, 0) is 44.9 Å². The van der Waals surface area contributed by atoms with E-state index in [-0.39, 0.29) is 31.1 Å². The number of ether oxygens (including phenoxy) is 3. The first kappa shape index (κ1) is 79.2. The van der Waals surface area contributed by atoms with Gasteiger partial charge >= 0.3 is 17.9 Å². The molecule has 480 valence electrons. The number of hydrogen-bond acceptors (Lipinski definition) is 6. The average molecular weight is 1140 g/mol. The van der Waals surface area contributed by atoms with E-state index >= 15 is 0 Å². The second-order valence-electron chi connectivity index (χ2n) is 25.6. The zero-order valence-corrected chi connectivity index (χ0v) is 55.4. The van der Waals surface area contributed by atoms with Crippen LogP contribution in [-0.2, 0) is 28.6 Å². The van der Waals surface area contributed by atoms with Gasteiger partial charge in [0.15, 0.2) is 6.10 Å². The summed E-state index contributed by atoms with van der Waals surface area (Å²) < 4.78 is 17.0. The first-order valence-corrected chi connectivity index (χ1v) is 37.2. The summed E-state index contributed by atoms with van der Waals surface area (Å²) in [4.78, 5) is 38.5. The number of rotatable bonds is 70. The molecule has 0 saturated carbocycles. The van der Waals surface area contributed by atoms with Gasteiger partial charge in [0.25, 0.3) is 0 Å². The van der Waals surface area contributed by atoms with Crippen molar-refractivity contribution in [3.05, 3.63) is 12.2 Å². The van der Waals surface area contributed by atoms with Crippen LogP contribution in [0, 0.1) is 0 Å². The van der Waals surface area contributed by atoms with E-state index in [4.69, 9.17) is 14.2 Å². The van der Waals surface area contributed by atoms with Gasteiger partial charge in [0.05, 0.1) is 0 Å². The SMILES string of the molecule is CCCCCCCCC/C=C\CCCCCCCCCC(=O)OCC(COC(=O)CCCCCCCCCCCCCCCCCCCCCCCCC)OC(=O)CCCCCCCCCCCCCCCCCCCCCCCC. The molecule has 0 fully saturated rings. The fourth-order valence-corrected chi connectivity index (χ4v) is 11.7. The average Bonchev–Trinajstić information content (AvgIpc) is 3.47. The molecule has 0 rings (SSSR count). The maximum atomic E-state index is 13.0. The Balaban J connectivity index is 4.27. The molecule has 0 spiro atoms. The molecule has 0 bridgehead atoms. The highest BCUT2D eigenvalue weighted by atomic mass is 16.6. The van der Waals surface area contributed by atoms with Gasteiger partial charge in [0.1, 0.15) is 13.2 Å². The van der Waals surface area contributed by atoms with E-state index < -0.39 is 6.10 Å². The van der Waals surface area contributed by atoms with Crippen molar-refractivity contribution < 1.29 is 28.6 Å². The molecule has 0 aromatic rings. The highest BCUT2D eigenvalue weighted by molar-refractivity contribution is 5.71. The Hall–Kier alpha value is -1.85. The van der Waals surface area contributed by atoms with Crippen LogP contribution in [0.3, 0.4) is 0 Å². The van der Waals surface area contributed by atoms with Crippen LogP contribution in [0.1, 0.15) is 432 Å². The lowest BCUT2D eigenvalue weighted by Gasteiger charge is -2.18. The zero-order valence-electron chi connectivity index (χ0n) is 55.4. The molecule has 0 radical (unpaired) electrons. The second kappa shape index (κ2) is 70.6. The van der Waals surface area contributed by atoms with Crippen LogP contribution in [0.15, 0.2) is 12.2 Å². The summed E-state index contributed by atoms with van der Waals surface area (Å²) in [5.74, 6) is -0.828. The molecule has 0 N–H and O–H groups in total. The maximum Gasteiger partial charge on any atom is 0.306 e. The first-order chi connectivity index (χ1) is 40.0. The summed E-state index contributed by atoms with van der Waals surface area (Å²) in [6.45, 7) is 6.74. The lowest BCUT2D eigenvalue weighted by Crippen LogP contribution is -2.30. The van der Waals surface area contributed by atoms with Crippen molar-refractivity contribution in [1.82, 2.24) is 0 Å². The molecule has 0 aliphatic carbocycles. The minimum absolute atomic E-state index is 0.0639. The van der Waals surface area contributed by atoms with E-state index in [1.807, 2.05) is 0 Å². The monoisotopic (exact) mass is 1140 g/mol. The predicted octanol–water partition coefficient (Wildman–Crippen LogP) is 25.6. The van der Waals surface area contributed by atoms with Crippen LogP contribution in [0.2, 0.25) is 0 Å². The highest BCUT2D eigenvalue weighted by Crippen LogP contribution is 2.19. The number of hydrogen-bond donors (Lipinski definition) is 0. The number of esters is 3. The third-order valence-electron chi connectivity index (χ3n) is 17.3. The lowest BCUT2D eigenvalue weighted by atomic mass is 10.0. The number of unbranched alkanes of at least 4 members (excludes halogenated alkanes) is 57. The lowest BCUT2D eigenvalue weighted by molar-refractivity contribution is -0.167. The fourth-order valence-electron chi connectivity index (χ4n) is 11.7. The summed E-state index contributed by atoms with van der Waals surface area (Å²) in [6, 6.07) is 0. The summed E-state index contributed by atoms with van der Waals surface area (Å²) >= 11 is 0. The van der Waals surface area contributed by atoms with Crippen LogP contribution in [0.4, 0.5) is 0 Å². The molecule has 6 heteroatoms. The van der Waals surface area contributed by atoms with Gasteiger partial charge in [-0.25, -0.2) is 0 Å². The molecule has 0 aliphatic rings. The molecule has 1 unspecified atom stereocenters. The molecular weight excluding hydrogens is 997 g/mol. The Morgan fingerprint density at radius 3 is 0.617 bits per heavy atom. The third-order valence-corrected chi connectivity index (χ3v) is 17.3. The minimum atomic E-state index is -0.769. The fraction of sp³-hybridized carbons (Fsp3) is 0.933. The van der Waals surface area contributed by atoms with Crippen molar-refractivity contribution in [3.63, 3.8) is 0 Å². The van der Waals surface area contributed by atoms with E-state index in [1.54, 1.807) is 0 Å². The van der Waals surface area contributed by atoms with E-state index in [0.717, 1.165) is 57.8 Å². The molecule has 6 nitrogen and oxygen atoms in total. The van der Waals surface area contributed by atoms with Crippen molar-refractivity contribution in [1.29, 1.82) is 0 Å². The molecule has 0 amide bonds. The van der Waals surface area contributed by atoms with E-state index in [0.29, 0.717) is 19.3 Å². The van der Waals surface area contributed by atoms with Crippen molar-refractivity contribution >= 4 is 17.9 Å². The second-order valence-corrected chi connectivity index (χ2v) is 25.6.